The molecule has 1 aromatic carbocycles. The Morgan fingerprint density at radius 3 is 2.56 bits per heavy atom. The molecule has 0 aliphatic rings. The first-order chi connectivity index (χ1) is 8.43. The molecule has 0 aromatic heterocycles. The van der Waals surface area contributed by atoms with E-state index in [1.165, 1.54) is 14.0 Å². The summed E-state index contributed by atoms with van der Waals surface area (Å²) in [7, 11) is 1.20. The lowest BCUT2D eigenvalue weighted by Gasteiger charge is -2.12. The number of carbonyl (C=O) groups is 2. The molecule has 1 rings (SSSR count). The van der Waals surface area contributed by atoms with E-state index in [9.17, 15) is 18.4 Å². The highest BCUT2D eigenvalue weighted by molar-refractivity contribution is 5.90. The number of benzene rings is 1. The SMILES string of the molecule is COC(=O)C[C@@H](C)OC(=O)c1ccc(F)cc1F. The predicted molar refractivity (Wildman–Crippen MR) is 57.9 cm³/mol. The number of carbonyl (C=O) groups excluding carboxylic acids is 2. The third kappa shape index (κ3) is 3.80. The summed E-state index contributed by atoms with van der Waals surface area (Å²) in [4.78, 5) is 22.4. The fourth-order valence-corrected chi connectivity index (χ4v) is 1.26. The lowest BCUT2D eigenvalue weighted by molar-refractivity contribution is -0.142. The standard InChI is InChI=1S/C12H12F2O4/c1-7(5-11(15)17-2)18-12(16)9-4-3-8(13)6-10(9)14/h3-4,6-7H,5H2,1-2H3/t7-/m1/s1. The normalized spacial score (nSPS) is 11.8. The molecule has 0 N–H and O–H groups in total. The third-order valence-corrected chi connectivity index (χ3v) is 2.14. The van der Waals surface area contributed by atoms with Crippen molar-refractivity contribution in [1.82, 2.24) is 0 Å². The maximum atomic E-state index is 13.2. The summed E-state index contributed by atoms with van der Waals surface area (Å²) in [6.45, 7) is 1.47. The van der Waals surface area contributed by atoms with E-state index in [1.54, 1.807) is 0 Å². The first-order valence-electron chi connectivity index (χ1n) is 5.17. The molecule has 4 nitrogen and oxygen atoms in total. The van der Waals surface area contributed by atoms with Crippen LogP contribution in [0.4, 0.5) is 8.78 Å². The number of esters is 2. The monoisotopic (exact) mass is 258 g/mol. The topological polar surface area (TPSA) is 52.6 Å². The van der Waals surface area contributed by atoms with E-state index in [2.05, 4.69) is 4.74 Å². The van der Waals surface area contributed by atoms with Crippen LogP contribution >= 0.6 is 0 Å². The first-order valence-corrected chi connectivity index (χ1v) is 5.17. The maximum absolute atomic E-state index is 13.2. The Morgan fingerprint density at radius 1 is 1.33 bits per heavy atom. The predicted octanol–water partition coefficient (Wildman–Crippen LogP) is 2.07. The van der Waals surface area contributed by atoms with Gasteiger partial charge in [0.1, 0.15) is 17.7 Å². The second-order valence-electron chi connectivity index (χ2n) is 3.62. The number of ether oxygens (including phenoxy) is 2. The van der Waals surface area contributed by atoms with E-state index in [0.717, 1.165) is 12.1 Å². The van der Waals surface area contributed by atoms with E-state index >= 15 is 0 Å². The molecule has 0 heterocycles. The number of rotatable bonds is 4. The number of hydrogen-bond donors (Lipinski definition) is 0. The van der Waals surface area contributed by atoms with Crippen molar-refractivity contribution in [3.05, 3.63) is 35.4 Å². The van der Waals surface area contributed by atoms with Crippen LogP contribution in [0.5, 0.6) is 0 Å². The summed E-state index contributed by atoms with van der Waals surface area (Å²) < 4.78 is 35.1. The molecule has 0 fully saturated rings. The van der Waals surface area contributed by atoms with Crippen LogP contribution in [0.15, 0.2) is 18.2 Å². The summed E-state index contributed by atoms with van der Waals surface area (Å²) in [5.41, 5.74) is -0.381. The van der Waals surface area contributed by atoms with Crippen molar-refractivity contribution in [2.45, 2.75) is 19.4 Å². The third-order valence-electron chi connectivity index (χ3n) is 2.14. The number of hydrogen-bond acceptors (Lipinski definition) is 4. The second kappa shape index (κ2) is 6.09. The van der Waals surface area contributed by atoms with Crippen molar-refractivity contribution in [3.8, 4) is 0 Å². The van der Waals surface area contributed by atoms with Crippen molar-refractivity contribution in [2.75, 3.05) is 7.11 Å². The van der Waals surface area contributed by atoms with Crippen LogP contribution in [-0.4, -0.2) is 25.2 Å². The molecular weight excluding hydrogens is 246 g/mol. The van der Waals surface area contributed by atoms with Gasteiger partial charge in [0.15, 0.2) is 0 Å². The van der Waals surface area contributed by atoms with Crippen molar-refractivity contribution in [3.63, 3.8) is 0 Å². The molecule has 0 aliphatic heterocycles. The molecule has 98 valence electrons. The zero-order valence-electron chi connectivity index (χ0n) is 9.91. The lowest BCUT2D eigenvalue weighted by Crippen LogP contribution is -2.20. The summed E-state index contributed by atoms with van der Waals surface area (Å²) in [5.74, 6) is -3.30. The van der Waals surface area contributed by atoms with E-state index in [-0.39, 0.29) is 12.0 Å². The molecule has 1 aromatic rings. The van der Waals surface area contributed by atoms with Crippen molar-refractivity contribution in [1.29, 1.82) is 0 Å². The maximum Gasteiger partial charge on any atom is 0.341 e. The minimum Gasteiger partial charge on any atom is -0.469 e. The van der Waals surface area contributed by atoms with Gasteiger partial charge in [-0.3, -0.25) is 4.79 Å². The van der Waals surface area contributed by atoms with Crippen LogP contribution in [0.3, 0.4) is 0 Å². The number of halogens is 2. The van der Waals surface area contributed by atoms with Crippen molar-refractivity contribution < 1.29 is 27.8 Å². The molecule has 0 bridgehead atoms. The molecule has 0 saturated carbocycles. The zero-order valence-corrected chi connectivity index (χ0v) is 9.91. The van der Waals surface area contributed by atoms with Crippen LogP contribution in [0.2, 0.25) is 0 Å². The minimum absolute atomic E-state index is 0.134. The molecule has 1 atom stereocenters. The Kier molecular flexibility index (Phi) is 4.76. The van der Waals surface area contributed by atoms with Gasteiger partial charge in [0.05, 0.1) is 19.1 Å². The van der Waals surface area contributed by atoms with Gasteiger partial charge in [-0.15, -0.1) is 0 Å². The van der Waals surface area contributed by atoms with Crippen LogP contribution < -0.4 is 0 Å². The van der Waals surface area contributed by atoms with Crippen molar-refractivity contribution >= 4 is 11.9 Å². The summed E-state index contributed by atoms with van der Waals surface area (Å²) in [6.07, 6.45) is -0.889. The molecule has 0 amide bonds. The summed E-state index contributed by atoms with van der Waals surface area (Å²) in [5, 5.41) is 0. The van der Waals surface area contributed by atoms with Crippen LogP contribution in [-0.2, 0) is 14.3 Å². The smallest absolute Gasteiger partial charge is 0.341 e. The highest BCUT2D eigenvalue weighted by atomic mass is 19.1. The molecule has 6 heteroatoms. The average molecular weight is 258 g/mol. The summed E-state index contributed by atoms with van der Waals surface area (Å²) in [6, 6.07) is 2.52. The fraction of sp³-hybridized carbons (Fsp3) is 0.333. The Hall–Kier alpha value is -1.98. The van der Waals surface area contributed by atoms with E-state index in [4.69, 9.17) is 4.74 Å². The second-order valence-corrected chi connectivity index (χ2v) is 3.62. The van der Waals surface area contributed by atoms with Gasteiger partial charge in [0.2, 0.25) is 0 Å². The zero-order chi connectivity index (χ0) is 13.7. The van der Waals surface area contributed by atoms with Gasteiger partial charge in [-0.2, -0.15) is 0 Å². The van der Waals surface area contributed by atoms with E-state index in [1.807, 2.05) is 0 Å². The van der Waals surface area contributed by atoms with E-state index < -0.39 is 29.7 Å². The van der Waals surface area contributed by atoms with Crippen LogP contribution in [0.1, 0.15) is 23.7 Å². The van der Waals surface area contributed by atoms with Crippen molar-refractivity contribution in [2.24, 2.45) is 0 Å². The lowest BCUT2D eigenvalue weighted by atomic mass is 10.2. The first kappa shape index (κ1) is 14.1. The average Bonchev–Trinajstić information content (AvgIpc) is 2.28. The molecular formula is C12H12F2O4. The van der Waals surface area contributed by atoms with Crippen LogP contribution in [0.25, 0.3) is 0 Å². The molecule has 0 radical (unpaired) electrons. The highest BCUT2D eigenvalue weighted by Crippen LogP contribution is 2.12. The van der Waals surface area contributed by atoms with Gasteiger partial charge in [-0.1, -0.05) is 0 Å². The van der Waals surface area contributed by atoms with Gasteiger partial charge >= 0.3 is 11.9 Å². The van der Waals surface area contributed by atoms with Gasteiger partial charge in [0.25, 0.3) is 0 Å². The van der Waals surface area contributed by atoms with Gasteiger partial charge in [-0.25, -0.2) is 13.6 Å². The Balaban J connectivity index is 2.67. The van der Waals surface area contributed by atoms with E-state index in [0.29, 0.717) is 6.07 Å². The van der Waals surface area contributed by atoms with Crippen LogP contribution in [0, 0.1) is 11.6 Å². The molecule has 0 aliphatic carbocycles. The van der Waals surface area contributed by atoms with Gasteiger partial charge < -0.3 is 9.47 Å². The Bertz CT molecular complexity index is 459. The van der Waals surface area contributed by atoms with Gasteiger partial charge in [-0.05, 0) is 19.1 Å². The quantitative estimate of drug-likeness (QED) is 0.776. The molecule has 0 spiro atoms. The highest BCUT2D eigenvalue weighted by Gasteiger charge is 2.18. The fourth-order valence-electron chi connectivity index (χ4n) is 1.26. The molecule has 0 unspecified atom stereocenters. The van der Waals surface area contributed by atoms with Gasteiger partial charge in [0, 0.05) is 6.07 Å². The summed E-state index contributed by atoms with van der Waals surface area (Å²) >= 11 is 0. The minimum atomic E-state index is -1.01. The largest absolute Gasteiger partial charge is 0.469 e. The molecule has 0 saturated heterocycles. The Labute approximate surface area is 103 Å². The Morgan fingerprint density at radius 2 is 2.00 bits per heavy atom. The number of methoxy groups -OCH3 is 1. The molecule has 18 heavy (non-hydrogen) atoms.